The highest BCUT2D eigenvalue weighted by Crippen LogP contribution is 2.41. The maximum atomic E-state index is 10.9. The maximum absolute atomic E-state index is 10.9. The summed E-state index contributed by atoms with van der Waals surface area (Å²) in [4.78, 5) is 10.9. The smallest absolute Gasteiger partial charge is 0.310 e. The first kappa shape index (κ1) is 9.46. The summed E-state index contributed by atoms with van der Waals surface area (Å²) in [5.74, 6) is -0.734. The van der Waals surface area contributed by atoms with E-state index in [2.05, 4.69) is 17.4 Å². The van der Waals surface area contributed by atoms with Crippen LogP contribution in [-0.2, 0) is 4.79 Å². The van der Waals surface area contributed by atoms with Gasteiger partial charge in [0.05, 0.1) is 5.92 Å². The van der Waals surface area contributed by atoms with Crippen molar-refractivity contribution in [2.75, 3.05) is 5.32 Å². The first-order valence-corrected chi connectivity index (χ1v) is 5.52. The number of hydrogen-bond acceptors (Lipinski definition) is 2. The molecule has 3 nitrogen and oxygen atoms in total. The third-order valence-electron chi connectivity index (χ3n) is 3.47. The second-order valence-electron chi connectivity index (χ2n) is 4.43. The number of rotatable bonds is 1. The summed E-state index contributed by atoms with van der Waals surface area (Å²) in [5, 5.41) is 12.4. The Morgan fingerprint density at radius 1 is 1.31 bits per heavy atom. The van der Waals surface area contributed by atoms with Crippen molar-refractivity contribution in [2.45, 2.75) is 18.4 Å². The molecule has 1 aromatic rings. The normalized spacial score (nSPS) is 30.4. The molecule has 3 atom stereocenters. The lowest BCUT2D eigenvalue weighted by molar-refractivity contribution is -0.140. The number of hydrogen-bond donors (Lipinski definition) is 2. The molecule has 0 radical (unpaired) electrons. The van der Waals surface area contributed by atoms with E-state index in [0.717, 1.165) is 5.69 Å². The van der Waals surface area contributed by atoms with Crippen LogP contribution in [0.1, 0.15) is 17.9 Å². The summed E-state index contributed by atoms with van der Waals surface area (Å²) in [6, 6.07) is 8.43. The zero-order valence-electron chi connectivity index (χ0n) is 8.76. The van der Waals surface area contributed by atoms with E-state index in [1.807, 2.05) is 24.3 Å². The van der Waals surface area contributed by atoms with Crippen molar-refractivity contribution in [1.82, 2.24) is 0 Å². The fourth-order valence-electron chi connectivity index (χ4n) is 2.66. The van der Waals surface area contributed by atoms with Gasteiger partial charge in [-0.2, -0.15) is 0 Å². The number of carboxylic acids is 1. The lowest BCUT2D eigenvalue weighted by atomic mass is 9.83. The second-order valence-corrected chi connectivity index (χ2v) is 4.43. The van der Waals surface area contributed by atoms with Crippen LogP contribution in [0.4, 0.5) is 5.69 Å². The maximum Gasteiger partial charge on any atom is 0.310 e. The molecule has 0 fully saturated rings. The van der Waals surface area contributed by atoms with Gasteiger partial charge in [0, 0.05) is 17.6 Å². The van der Waals surface area contributed by atoms with E-state index >= 15 is 0 Å². The molecule has 0 amide bonds. The van der Waals surface area contributed by atoms with Crippen molar-refractivity contribution >= 4 is 11.7 Å². The van der Waals surface area contributed by atoms with Gasteiger partial charge in [-0.15, -0.1) is 0 Å². The highest BCUT2D eigenvalue weighted by Gasteiger charge is 2.35. The second kappa shape index (κ2) is 3.37. The van der Waals surface area contributed by atoms with Crippen molar-refractivity contribution in [2.24, 2.45) is 5.92 Å². The van der Waals surface area contributed by atoms with Crippen LogP contribution in [0.2, 0.25) is 0 Å². The van der Waals surface area contributed by atoms with Crippen LogP contribution in [0.25, 0.3) is 0 Å². The largest absolute Gasteiger partial charge is 0.481 e. The summed E-state index contributed by atoms with van der Waals surface area (Å²) < 4.78 is 0. The van der Waals surface area contributed by atoms with E-state index in [1.165, 1.54) is 5.56 Å². The number of anilines is 1. The van der Waals surface area contributed by atoms with Crippen molar-refractivity contribution in [3.05, 3.63) is 42.0 Å². The van der Waals surface area contributed by atoms with Crippen LogP contribution in [0.15, 0.2) is 36.4 Å². The van der Waals surface area contributed by atoms with Crippen LogP contribution in [0.5, 0.6) is 0 Å². The molecular formula is C13H13NO2. The zero-order valence-corrected chi connectivity index (χ0v) is 8.76. The number of benzene rings is 1. The van der Waals surface area contributed by atoms with Gasteiger partial charge in [0.25, 0.3) is 0 Å². The molecule has 1 aliphatic carbocycles. The van der Waals surface area contributed by atoms with Crippen LogP contribution >= 0.6 is 0 Å². The first-order valence-electron chi connectivity index (χ1n) is 5.52. The van der Waals surface area contributed by atoms with Crippen LogP contribution < -0.4 is 5.32 Å². The van der Waals surface area contributed by atoms with E-state index in [0.29, 0.717) is 12.3 Å². The first-order chi connectivity index (χ1) is 7.75. The van der Waals surface area contributed by atoms with Gasteiger partial charge in [0.2, 0.25) is 0 Å². The molecule has 82 valence electrons. The lowest BCUT2D eigenvalue weighted by Gasteiger charge is -2.24. The zero-order chi connectivity index (χ0) is 11.1. The Hall–Kier alpha value is -1.77. The predicted octanol–water partition coefficient (Wildman–Crippen LogP) is 2.23. The van der Waals surface area contributed by atoms with Gasteiger partial charge in [-0.25, -0.2) is 0 Å². The molecule has 3 heteroatoms. The quantitative estimate of drug-likeness (QED) is 0.706. The Bertz CT molecular complexity index is 467. The molecule has 3 rings (SSSR count). The number of aliphatic carboxylic acids is 1. The number of carboxylic acid groups (broad SMARTS) is 1. The summed E-state index contributed by atoms with van der Waals surface area (Å²) in [5.41, 5.74) is 2.43. The Kier molecular flexibility index (Phi) is 1.99. The van der Waals surface area contributed by atoms with Crippen molar-refractivity contribution < 1.29 is 9.90 Å². The molecule has 1 aliphatic heterocycles. The number of fused-ring (bicyclic) bond motifs is 3. The molecule has 0 saturated heterocycles. The Morgan fingerprint density at radius 2 is 2.12 bits per heavy atom. The Morgan fingerprint density at radius 3 is 2.94 bits per heavy atom. The molecule has 0 saturated carbocycles. The van der Waals surface area contributed by atoms with Crippen LogP contribution in [0, 0.1) is 5.92 Å². The van der Waals surface area contributed by atoms with Gasteiger partial charge < -0.3 is 10.4 Å². The molecule has 2 aliphatic rings. The highest BCUT2D eigenvalue weighted by atomic mass is 16.4. The Labute approximate surface area is 93.8 Å². The minimum Gasteiger partial charge on any atom is -0.481 e. The van der Waals surface area contributed by atoms with E-state index in [1.54, 1.807) is 0 Å². The lowest BCUT2D eigenvalue weighted by Crippen LogP contribution is -2.29. The van der Waals surface area contributed by atoms with Crippen LogP contribution in [-0.4, -0.2) is 17.1 Å². The fourth-order valence-corrected chi connectivity index (χ4v) is 2.66. The monoisotopic (exact) mass is 215 g/mol. The van der Waals surface area contributed by atoms with Gasteiger partial charge >= 0.3 is 5.97 Å². The average Bonchev–Trinajstić information content (AvgIpc) is 2.66. The summed E-state index contributed by atoms with van der Waals surface area (Å²) in [7, 11) is 0. The predicted molar refractivity (Wildman–Crippen MR) is 61.5 cm³/mol. The molecule has 0 spiro atoms. The molecule has 0 bridgehead atoms. The summed E-state index contributed by atoms with van der Waals surface area (Å²) in [6.45, 7) is 0. The number of nitrogens with one attached hydrogen (secondary N) is 1. The third-order valence-corrected chi connectivity index (χ3v) is 3.47. The minimum absolute atomic E-state index is 0.239. The standard InChI is InChI=1S/C13H13NO2/c15-13(16)8-5-6-10-9-3-1-2-4-11(9)14-12(10)7-8/h1-6,8,10,12,14H,7H2,(H,15,16). The van der Waals surface area contributed by atoms with E-state index in [-0.39, 0.29) is 12.0 Å². The molecular weight excluding hydrogens is 202 g/mol. The van der Waals surface area contributed by atoms with Gasteiger partial charge in [-0.1, -0.05) is 30.4 Å². The minimum atomic E-state index is -0.729. The SMILES string of the molecule is O=C(O)C1C=CC2c3ccccc3NC2C1. The van der Waals surface area contributed by atoms with Gasteiger partial charge in [-0.05, 0) is 18.1 Å². The number of carbonyl (C=O) groups is 1. The van der Waals surface area contributed by atoms with E-state index in [9.17, 15) is 4.79 Å². The van der Waals surface area contributed by atoms with Gasteiger partial charge in [-0.3, -0.25) is 4.79 Å². The van der Waals surface area contributed by atoms with Gasteiger partial charge in [0.15, 0.2) is 0 Å². The summed E-state index contributed by atoms with van der Waals surface area (Å²) >= 11 is 0. The molecule has 0 aromatic heterocycles. The fraction of sp³-hybridized carbons (Fsp3) is 0.308. The average molecular weight is 215 g/mol. The Balaban J connectivity index is 1.93. The summed E-state index contributed by atoms with van der Waals surface area (Å²) in [6.07, 6.45) is 4.53. The van der Waals surface area contributed by atoms with Crippen molar-refractivity contribution in [3.8, 4) is 0 Å². The molecule has 1 aromatic carbocycles. The highest BCUT2D eigenvalue weighted by molar-refractivity contribution is 5.73. The van der Waals surface area contributed by atoms with Crippen molar-refractivity contribution in [3.63, 3.8) is 0 Å². The number of para-hydroxylation sites is 1. The third kappa shape index (κ3) is 1.32. The molecule has 3 unspecified atom stereocenters. The molecule has 1 heterocycles. The topological polar surface area (TPSA) is 49.3 Å². The van der Waals surface area contributed by atoms with Crippen molar-refractivity contribution in [1.29, 1.82) is 0 Å². The van der Waals surface area contributed by atoms with Gasteiger partial charge in [0.1, 0.15) is 0 Å². The van der Waals surface area contributed by atoms with Crippen LogP contribution in [0.3, 0.4) is 0 Å². The molecule has 16 heavy (non-hydrogen) atoms. The molecule has 2 N–H and O–H groups in total. The van der Waals surface area contributed by atoms with E-state index < -0.39 is 5.97 Å². The van der Waals surface area contributed by atoms with E-state index in [4.69, 9.17) is 5.11 Å².